The van der Waals surface area contributed by atoms with Gasteiger partial charge in [-0.25, -0.2) is 14.2 Å². The van der Waals surface area contributed by atoms with Crippen molar-refractivity contribution in [3.63, 3.8) is 0 Å². The summed E-state index contributed by atoms with van der Waals surface area (Å²) in [5.41, 5.74) is 0.165. The molecule has 3 rings (SSSR count). The number of carbonyl (C=O) groups is 1. The second-order valence-corrected chi connectivity index (χ2v) is 6.81. The molecule has 0 aliphatic carbocycles. The molecule has 0 unspecified atom stereocenters. The zero-order valence-electron chi connectivity index (χ0n) is 17.0. The molecule has 1 N–H and O–H groups in total. The van der Waals surface area contributed by atoms with Crippen molar-refractivity contribution >= 4 is 5.91 Å². The Morgan fingerprint density at radius 2 is 2.07 bits per heavy atom. The standard InChI is InChI=1S/C18H29N7O4/c1-3-28-16(29-4-2)13-23-12-14(20-22-23)17(26)19-9-7-11-25-18(27)24-10-6-5-8-15(24)21-25/h12,16H,3-11,13H2,1-2H3,(H,19,26). The van der Waals surface area contributed by atoms with Crippen LogP contribution in [0.15, 0.2) is 11.0 Å². The minimum absolute atomic E-state index is 0.0629. The third-order valence-electron chi connectivity index (χ3n) is 4.68. The van der Waals surface area contributed by atoms with Crippen molar-refractivity contribution in [1.82, 2.24) is 34.7 Å². The van der Waals surface area contributed by atoms with Crippen molar-refractivity contribution in [3.05, 3.63) is 28.2 Å². The predicted molar refractivity (Wildman–Crippen MR) is 103 cm³/mol. The second kappa shape index (κ2) is 10.3. The Hall–Kier alpha value is -2.53. The number of aromatic nitrogens is 6. The Morgan fingerprint density at radius 1 is 1.28 bits per heavy atom. The van der Waals surface area contributed by atoms with Gasteiger partial charge >= 0.3 is 5.69 Å². The summed E-state index contributed by atoms with van der Waals surface area (Å²) in [6.07, 6.45) is 4.68. The smallest absolute Gasteiger partial charge is 0.345 e. The molecule has 29 heavy (non-hydrogen) atoms. The lowest BCUT2D eigenvalue weighted by molar-refractivity contribution is -0.145. The van der Waals surface area contributed by atoms with Crippen LogP contribution in [0, 0.1) is 0 Å². The van der Waals surface area contributed by atoms with Gasteiger partial charge < -0.3 is 14.8 Å². The lowest BCUT2D eigenvalue weighted by atomic mass is 10.2. The van der Waals surface area contributed by atoms with Crippen LogP contribution >= 0.6 is 0 Å². The maximum atomic E-state index is 12.3. The Balaban J connectivity index is 1.45. The van der Waals surface area contributed by atoms with Crippen LogP contribution in [-0.4, -0.2) is 61.3 Å². The molecule has 11 nitrogen and oxygen atoms in total. The van der Waals surface area contributed by atoms with Crippen molar-refractivity contribution in [2.75, 3.05) is 19.8 Å². The van der Waals surface area contributed by atoms with Gasteiger partial charge in [0.2, 0.25) is 0 Å². The molecule has 1 aliphatic heterocycles. The lowest BCUT2D eigenvalue weighted by Gasteiger charge is -2.16. The summed E-state index contributed by atoms with van der Waals surface area (Å²) >= 11 is 0. The van der Waals surface area contributed by atoms with E-state index in [9.17, 15) is 9.59 Å². The molecular formula is C18H29N7O4. The van der Waals surface area contributed by atoms with Crippen molar-refractivity contribution < 1.29 is 14.3 Å². The van der Waals surface area contributed by atoms with Gasteiger partial charge in [0.15, 0.2) is 12.0 Å². The first kappa shape index (κ1) is 21.2. The van der Waals surface area contributed by atoms with Crippen LogP contribution in [-0.2, 0) is 35.5 Å². The van der Waals surface area contributed by atoms with Crippen molar-refractivity contribution in [1.29, 1.82) is 0 Å². The minimum Gasteiger partial charge on any atom is -0.351 e. The molecular weight excluding hydrogens is 378 g/mol. The third kappa shape index (κ3) is 5.51. The van der Waals surface area contributed by atoms with Gasteiger partial charge in [-0.1, -0.05) is 5.21 Å². The SMILES string of the molecule is CCOC(Cn1cc(C(=O)NCCCn2nc3n(c2=O)CCCC3)nn1)OCC. The summed E-state index contributed by atoms with van der Waals surface area (Å²) in [5, 5.41) is 15.0. The molecule has 1 aliphatic rings. The first-order valence-corrected chi connectivity index (χ1v) is 10.2. The fourth-order valence-corrected chi connectivity index (χ4v) is 3.29. The molecule has 0 aromatic carbocycles. The van der Waals surface area contributed by atoms with E-state index in [4.69, 9.17) is 9.47 Å². The highest BCUT2D eigenvalue weighted by Crippen LogP contribution is 2.09. The van der Waals surface area contributed by atoms with E-state index >= 15 is 0 Å². The highest BCUT2D eigenvalue weighted by atomic mass is 16.7. The van der Waals surface area contributed by atoms with Crippen LogP contribution in [0.3, 0.4) is 0 Å². The fourth-order valence-electron chi connectivity index (χ4n) is 3.29. The quantitative estimate of drug-likeness (QED) is 0.417. The van der Waals surface area contributed by atoms with Crippen LogP contribution in [0.5, 0.6) is 0 Å². The predicted octanol–water partition coefficient (Wildman–Crippen LogP) is 0.192. The summed E-state index contributed by atoms with van der Waals surface area (Å²) in [6, 6.07) is 0. The van der Waals surface area contributed by atoms with Crippen LogP contribution in [0.2, 0.25) is 0 Å². The number of hydrogen-bond donors (Lipinski definition) is 1. The molecule has 0 saturated heterocycles. The molecule has 0 fully saturated rings. The molecule has 2 aromatic rings. The zero-order chi connectivity index (χ0) is 20.6. The monoisotopic (exact) mass is 407 g/mol. The Labute approximate surface area is 169 Å². The molecule has 0 bridgehead atoms. The topological polar surface area (TPSA) is 118 Å². The molecule has 0 radical (unpaired) electrons. The van der Waals surface area contributed by atoms with Crippen molar-refractivity contribution in [3.8, 4) is 0 Å². The number of fused-ring (bicyclic) bond motifs is 1. The van der Waals surface area contributed by atoms with Crippen molar-refractivity contribution in [2.24, 2.45) is 0 Å². The summed E-state index contributed by atoms with van der Waals surface area (Å²) in [4.78, 5) is 24.5. The lowest BCUT2D eigenvalue weighted by Crippen LogP contribution is -2.29. The van der Waals surface area contributed by atoms with E-state index in [1.807, 2.05) is 13.8 Å². The number of carbonyl (C=O) groups excluding carboxylic acids is 1. The molecule has 1 amide bonds. The number of ether oxygens (including phenoxy) is 2. The minimum atomic E-state index is -0.429. The first-order valence-electron chi connectivity index (χ1n) is 10.2. The van der Waals surface area contributed by atoms with Gasteiger partial charge in [0.25, 0.3) is 5.91 Å². The van der Waals surface area contributed by atoms with Gasteiger partial charge in [-0.05, 0) is 33.1 Å². The molecule has 2 aromatic heterocycles. The number of amides is 1. The molecule has 160 valence electrons. The average Bonchev–Trinajstić information content (AvgIpc) is 3.31. The highest BCUT2D eigenvalue weighted by molar-refractivity contribution is 5.91. The van der Waals surface area contributed by atoms with Crippen molar-refractivity contribution in [2.45, 2.75) is 65.5 Å². The maximum absolute atomic E-state index is 12.3. The van der Waals surface area contributed by atoms with Gasteiger partial charge in [-0.2, -0.15) is 5.10 Å². The molecule has 0 saturated carbocycles. The number of hydrogen-bond acceptors (Lipinski definition) is 7. The van der Waals surface area contributed by atoms with E-state index in [1.165, 1.54) is 9.36 Å². The van der Waals surface area contributed by atoms with Crippen LogP contribution in [0.25, 0.3) is 0 Å². The number of nitrogens with zero attached hydrogens (tertiary/aromatic N) is 6. The van der Waals surface area contributed by atoms with Crippen LogP contribution in [0.1, 0.15) is 49.4 Å². The Morgan fingerprint density at radius 3 is 2.79 bits per heavy atom. The summed E-state index contributed by atoms with van der Waals surface area (Å²) in [6.45, 7) is 6.81. The van der Waals surface area contributed by atoms with E-state index in [0.29, 0.717) is 39.3 Å². The van der Waals surface area contributed by atoms with E-state index in [-0.39, 0.29) is 17.3 Å². The van der Waals surface area contributed by atoms with E-state index in [0.717, 1.165) is 31.6 Å². The van der Waals surface area contributed by atoms with Gasteiger partial charge in [-0.15, -0.1) is 5.10 Å². The van der Waals surface area contributed by atoms with Crippen LogP contribution < -0.4 is 11.0 Å². The third-order valence-corrected chi connectivity index (χ3v) is 4.68. The Bertz CT molecular complexity index is 851. The summed E-state index contributed by atoms with van der Waals surface area (Å²) < 4.78 is 15.7. The first-order chi connectivity index (χ1) is 14.1. The highest BCUT2D eigenvalue weighted by Gasteiger charge is 2.17. The zero-order valence-corrected chi connectivity index (χ0v) is 17.0. The van der Waals surface area contributed by atoms with E-state index in [1.54, 1.807) is 10.8 Å². The number of rotatable bonds is 11. The maximum Gasteiger partial charge on any atom is 0.345 e. The molecule has 0 atom stereocenters. The average molecular weight is 407 g/mol. The van der Waals surface area contributed by atoms with Gasteiger partial charge in [0, 0.05) is 39.3 Å². The normalized spacial score (nSPS) is 13.6. The van der Waals surface area contributed by atoms with Crippen LogP contribution in [0.4, 0.5) is 0 Å². The summed E-state index contributed by atoms with van der Waals surface area (Å²) in [7, 11) is 0. The Kier molecular flexibility index (Phi) is 7.53. The molecule has 0 spiro atoms. The van der Waals surface area contributed by atoms with Gasteiger partial charge in [0.1, 0.15) is 5.82 Å². The summed E-state index contributed by atoms with van der Waals surface area (Å²) in [5.74, 6) is 0.552. The molecule has 11 heteroatoms. The van der Waals surface area contributed by atoms with E-state index < -0.39 is 6.29 Å². The van der Waals surface area contributed by atoms with Gasteiger partial charge in [-0.3, -0.25) is 9.36 Å². The van der Waals surface area contributed by atoms with Gasteiger partial charge in [0.05, 0.1) is 12.7 Å². The van der Waals surface area contributed by atoms with E-state index in [2.05, 4.69) is 20.7 Å². The number of nitrogens with one attached hydrogen (secondary N) is 1. The largest absolute Gasteiger partial charge is 0.351 e. The fraction of sp³-hybridized carbons (Fsp3) is 0.722. The second-order valence-electron chi connectivity index (χ2n) is 6.81. The molecule has 3 heterocycles. The number of aryl methyl sites for hydroxylation is 2.